The van der Waals surface area contributed by atoms with Gasteiger partial charge >= 0.3 is 0 Å². The molecule has 186 valence electrons. The van der Waals surface area contributed by atoms with Crippen LogP contribution in [0.1, 0.15) is 65.2 Å². The molecule has 3 aliphatic rings. The number of aliphatic imine (C=N–C) groups is 1. The molecule has 1 saturated carbocycles. The first kappa shape index (κ1) is 27.6. The summed E-state index contributed by atoms with van der Waals surface area (Å²) in [5, 5.41) is 6.97. The van der Waals surface area contributed by atoms with Crippen LogP contribution in [-0.2, 0) is 4.79 Å². The third-order valence-corrected chi connectivity index (χ3v) is 7.20. The summed E-state index contributed by atoms with van der Waals surface area (Å²) < 4.78 is 0. The Bertz CT molecular complexity index is 561. The highest BCUT2D eigenvalue weighted by Gasteiger charge is 2.31. The maximum atomic E-state index is 12.8. The van der Waals surface area contributed by atoms with Crippen molar-refractivity contribution in [1.82, 2.24) is 25.3 Å². The van der Waals surface area contributed by atoms with E-state index < -0.39 is 0 Å². The van der Waals surface area contributed by atoms with Crippen LogP contribution in [0.15, 0.2) is 4.99 Å². The van der Waals surface area contributed by atoms with Gasteiger partial charge in [0.25, 0.3) is 0 Å². The molecule has 2 heterocycles. The maximum absolute atomic E-state index is 12.8. The van der Waals surface area contributed by atoms with Gasteiger partial charge in [0, 0.05) is 64.3 Å². The van der Waals surface area contributed by atoms with Crippen LogP contribution in [-0.4, -0.2) is 98.1 Å². The number of hydrogen-bond acceptors (Lipinski definition) is 4. The van der Waals surface area contributed by atoms with E-state index in [1.807, 2.05) is 0 Å². The number of rotatable bonds is 9. The number of likely N-dealkylation sites (N-methyl/N-ethyl adjacent to an activating group) is 1. The molecule has 32 heavy (non-hydrogen) atoms. The Kier molecular flexibility index (Phi) is 13.2. The van der Waals surface area contributed by atoms with Gasteiger partial charge in [0.2, 0.25) is 5.91 Å². The molecular formula is C24H47IN6O. The van der Waals surface area contributed by atoms with Crippen molar-refractivity contribution in [3.05, 3.63) is 0 Å². The number of likely N-dealkylation sites (tertiary alicyclic amines) is 1. The van der Waals surface area contributed by atoms with Gasteiger partial charge in [0.05, 0.1) is 0 Å². The molecule has 2 N–H and O–H groups in total. The lowest BCUT2D eigenvalue weighted by atomic mass is 9.88. The number of hydrogen-bond donors (Lipinski definition) is 2. The first-order valence-electron chi connectivity index (χ1n) is 13.0. The number of halogens is 1. The summed E-state index contributed by atoms with van der Waals surface area (Å²) in [6, 6.07) is 0.320. The molecule has 3 fully saturated rings. The van der Waals surface area contributed by atoms with Crippen molar-refractivity contribution >= 4 is 35.8 Å². The third kappa shape index (κ3) is 8.97. The Balaban J connectivity index is 0.00000363. The van der Waals surface area contributed by atoms with Gasteiger partial charge in [-0.15, -0.1) is 24.0 Å². The van der Waals surface area contributed by atoms with Crippen LogP contribution >= 0.6 is 24.0 Å². The number of unbranched alkanes of at least 4 members (excludes halogenated alkanes) is 1. The second-order valence-corrected chi connectivity index (χ2v) is 9.49. The van der Waals surface area contributed by atoms with E-state index in [1.54, 1.807) is 0 Å². The van der Waals surface area contributed by atoms with Gasteiger partial charge in [-0.3, -0.25) is 9.79 Å². The van der Waals surface area contributed by atoms with Crippen molar-refractivity contribution in [3.63, 3.8) is 0 Å². The summed E-state index contributed by atoms with van der Waals surface area (Å²) in [7, 11) is 0. The van der Waals surface area contributed by atoms with Crippen LogP contribution in [0.3, 0.4) is 0 Å². The standard InChI is InChI=1S/C24H46N6O.HI/c1-3-25-24(26-13-8-9-14-29-18-16-28(4-2)17-19-29)27-22-12-15-30(20-22)23(31)21-10-6-5-7-11-21;/h21-22H,3-20H2,1-2H3,(H2,25,26,27);1H. The molecule has 0 aromatic rings. The Morgan fingerprint density at radius 2 is 1.66 bits per heavy atom. The smallest absolute Gasteiger partial charge is 0.225 e. The number of carbonyl (C=O) groups excluding carboxylic acids is 1. The first-order valence-corrected chi connectivity index (χ1v) is 13.0. The molecule has 1 amide bonds. The Labute approximate surface area is 213 Å². The largest absolute Gasteiger partial charge is 0.357 e. The number of nitrogens with zero attached hydrogens (tertiary/aromatic N) is 4. The monoisotopic (exact) mass is 562 g/mol. The predicted molar refractivity (Wildman–Crippen MR) is 144 cm³/mol. The minimum atomic E-state index is 0. The predicted octanol–water partition coefficient (Wildman–Crippen LogP) is 2.76. The minimum absolute atomic E-state index is 0. The van der Waals surface area contributed by atoms with Gasteiger partial charge in [-0.2, -0.15) is 0 Å². The van der Waals surface area contributed by atoms with Crippen molar-refractivity contribution in [3.8, 4) is 0 Å². The summed E-state index contributed by atoms with van der Waals surface area (Å²) >= 11 is 0. The number of carbonyl (C=O) groups is 1. The van der Waals surface area contributed by atoms with E-state index in [4.69, 9.17) is 4.99 Å². The topological polar surface area (TPSA) is 63.2 Å². The quantitative estimate of drug-likeness (QED) is 0.196. The average Bonchev–Trinajstić information content (AvgIpc) is 3.28. The number of piperazine rings is 1. The van der Waals surface area contributed by atoms with Gasteiger partial charge in [-0.1, -0.05) is 26.2 Å². The van der Waals surface area contributed by atoms with Crippen LogP contribution in [0.4, 0.5) is 0 Å². The lowest BCUT2D eigenvalue weighted by Crippen LogP contribution is -2.46. The second kappa shape index (κ2) is 15.3. The highest BCUT2D eigenvalue weighted by atomic mass is 127. The van der Waals surface area contributed by atoms with Crippen LogP contribution < -0.4 is 10.6 Å². The minimum Gasteiger partial charge on any atom is -0.357 e. The Morgan fingerprint density at radius 3 is 2.34 bits per heavy atom. The fourth-order valence-electron chi connectivity index (χ4n) is 5.17. The molecular weight excluding hydrogens is 515 g/mol. The molecule has 8 heteroatoms. The van der Waals surface area contributed by atoms with E-state index in [-0.39, 0.29) is 29.9 Å². The van der Waals surface area contributed by atoms with E-state index in [0.717, 1.165) is 57.8 Å². The fourth-order valence-corrected chi connectivity index (χ4v) is 5.17. The molecule has 0 spiro atoms. The summed E-state index contributed by atoms with van der Waals surface area (Å²) in [6.07, 6.45) is 9.27. The fraction of sp³-hybridized carbons (Fsp3) is 0.917. The molecule has 0 bridgehead atoms. The molecule has 2 aliphatic heterocycles. The third-order valence-electron chi connectivity index (χ3n) is 7.20. The summed E-state index contributed by atoms with van der Waals surface area (Å²) in [5.41, 5.74) is 0. The number of guanidine groups is 1. The highest BCUT2D eigenvalue weighted by molar-refractivity contribution is 14.0. The Morgan fingerprint density at radius 1 is 0.938 bits per heavy atom. The molecule has 0 radical (unpaired) electrons. The van der Waals surface area contributed by atoms with E-state index in [9.17, 15) is 4.79 Å². The van der Waals surface area contributed by atoms with E-state index >= 15 is 0 Å². The van der Waals surface area contributed by atoms with Crippen LogP contribution in [0.2, 0.25) is 0 Å². The molecule has 0 aromatic carbocycles. The zero-order valence-corrected chi connectivity index (χ0v) is 22.8. The van der Waals surface area contributed by atoms with Gasteiger partial charge in [-0.05, 0) is 52.1 Å². The zero-order chi connectivity index (χ0) is 21.9. The zero-order valence-electron chi connectivity index (χ0n) is 20.5. The molecule has 1 unspecified atom stereocenters. The SMILES string of the molecule is CCNC(=NCCCCN1CCN(CC)CC1)NC1CCN(C(=O)C2CCCCC2)C1.I. The summed E-state index contributed by atoms with van der Waals surface area (Å²) in [5.74, 6) is 1.58. The van der Waals surface area contributed by atoms with Gasteiger partial charge in [0.15, 0.2) is 5.96 Å². The number of amides is 1. The van der Waals surface area contributed by atoms with E-state index in [2.05, 4.69) is 39.2 Å². The average molecular weight is 563 g/mol. The molecule has 3 rings (SSSR count). The molecule has 2 saturated heterocycles. The normalized spacial score (nSPS) is 23.8. The van der Waals surface area contributed by atoms with Gasteiger partial charge in [0.1, 0.15) is 0 Å². The molecule has 0 aromatic heterocycles. The summed E-state index contributed by atoms with van der Waals surface area (Å²) in [4.78, 5) is 24.8. The lowest BCUT2D eigenvalue weighted by molar-refractivity contribution is -0.135. The maximum Gasteiger partial charge on any atom is 0.225 e. The van der Waals surface area contributed by atoms with Crippen molar-refractivity contribution < 1.29 is 4.79 Å². The van der Waals surface area contributed by atoms with Crippen LogP contribution in [0, 0.1) is 5.92 Å². The summed E-state index contributed by atoms with van der Waals surface area (Å²) in [6.45, 7) is 15.0. The number of nitrogens with one attached hydrogen (secondary N) is 2. The van der Waals surface area contributed by atoms with E-state index in [1.165, 1.54) is 65.0 Å². The highest BCUT2D eigenvalue weighted by Crippen LogP contribution is 2.26. The van der Waals surface area contributed by atoms with E-state index in [0.29, 0.717) is 11.9 Å². The second-order valence-electron chi connectivity index (χ2n) is 9.49. The van der Waals surface area contributed by atoms with Crippen LogP contribution in [0.5, 0.6) is 0 Å². The molecule has 1 aliphatic carbocycles. The van der Waals surface area contributed by atoms with Crippen molar-refractivity contribution in [2.24, 2.45) is 10.9 Å². The lowest BCUT2D eigenvalue weighted by Gasteiger charge is -2.33. The van der Waals surface area contributed by atoms with Crippen molar-refractivity contribution in [2.45, 2.75) is 71.3 Å². The van der Waals surface area contributed by atoms with Crippen LogP contribution in [0.25, 0.3) is 0 Å². The van der Waals surface area contributed by atoms with Crippen molar-refractivity contribution in [2.75, 3.05) is 65.4 Å². The molecule has 1 atom stereocenters. The Hall–Kier alpha value is -0.610. The molecule has 7 nitrogen and oxygen atoms in total. The van der Waals surface area contributed by atoms with Crippen molar-refractivity contribution in [1.29, 1.82) is 0 Å². The first-order chi connectivity index (χ1) is 15.2. The van der Waals surface area contributed by atoms with Gasteiger partial charge in [-0.25, -0.2) is 0 Å². The van der Waals surface area contributed by atoms with Gasteiger partial charge < -0.3 is 25.3 Å².